The second-order valence-corrected chi connectivity index (χ2v) is 1.74. The SMILES string of the molecule is C[C@H](O)[C@@H](N=C=O)C(=O)O. The zero-order valence-electron chi connectivity index (χ0n) is 5.31. The second kappa shape index (κ2) is 3.76. The summed E-state index contributed by atoms with van der Waals surface area (Å²) >= 11 is 0. The summed E-state index contributed by atoms with van der Waals surface area (Å²) in [6.45, 7) is 1.24. The van der Waals surface area contributed by atoms with Crippen LogP contribution >= 0.6 is 0 Å². The number of rotatable bonds is 3. The smallest absolute Gasteiger partial charge is 0.332 e. The van der Waals surface area contributed by atoms with Crippen LogP contribution in [0, 0.1) is 0 Å². The van der Waals surface area contributed by atoms with E-state index >= 15 is 0 Å². The van der Waals surface area contributed by atoms with Crippen LogP contribution < -0.4 is 0 Å². The Balaban J connectivity index is 4.26. The van der Waals surface area contributed by atoms with E-state index in [1.54, 1.807) is 0 Å². The molecule has 56 valence electrons. The van der Waals surface area contributed by atoms with Gasteiger partial charge in [-0.3, -0.25) is 0 Å². The van der Waals surface area contributed by atoms with Crippen LogP contribution in [0.5, 0.6) is 0 Å². The summed E-state index contributed by atoms with van der Waals surface area (Å²) < 4.78 is 0. The molecule has 0 aliphatic rings. The van der Waals surface area contributed by atoms with Gasteiger partial charge in [0, 0.05) is 0 Å². The topological polar surface area (TPSA) is 87.0 Å². The number of carbonyl (C=O) groups is 1. The van der Waals surface area contributed by atoms with E-state index in [0.29, 0.717) is 0 Å². The third-order valence-electron chi connectivity index (χ3n) is 0.902. The standard InChI is InChI=1S/C5H7NO4/c1-3(8)4(5(9)10)6-2-7/h3-4,8H,1H3,(H,9,10)/t3-,4+/m0/s1. The van der Waals surface area contributed by atoms with Crippen LogP contribution in [0.4, 0.5) is 0 Å². The molecule has 10 heavy (non-hydrogen) atoms. The first kappa shape index (κ1) is 8.81. The van der Waals surface area contributed by atoms with E-state index < -0.39 is 18.1 Å². The van der Waals surface area contributed by atoms with Crippen molar-refractivity contribution in [1.29, 1.82) is 0 Å². The van der Waals surface area contributed by atoms with Crippen LogP contribution in [0.2, 0.25) is 0 Å². The number of nitrogens with zero attached hydrogens (tertiary/aromatic N) is 1. The summed E-state index contributed by atoms with van der Waals surface area (Å²) in [6.07, 6.45) is -0.103. The van der Waals surface area contributed by atoms with Gasteiger partial charge >= 0.3 is 5.97 Å². The zero-order chi connectivity index (χ0) is 8.15. The fourth-order valence-electron chi connectivity index (χ4n) is 0.426. The molecule has 0 aromatic heterocycles. The highest BCUT2D eigenvalue weighted by Crippen LogP contribution is 1.96. The molecule has 0 amide bonds. The molecule has 0 radical (unpaired) electrons. The molecule has 0 aromatic carbocycles. The Hall–Kier alpha value is -1.19. The molecule has 0 aromatic rings. The lowest BCUT2D eigenvalue weighted by Crippen LogP contribution is -2.29. The minimum atomic E-state index is -1.39. The molecule has 0 spiro atoms. The van der Waals surface area contributed by atoms with E-state index in [-0.39, 0.29) is 0 Å². The van der Waals surface area contributed by atoms with Crippen molar-refractivity contribution in [3.05, 3.63) is 0 Å². The Morgan fingerprint density at radius 3 is 2.30 bits per heavy atom. The van der Waals surface area contributed by atoms with Crippen molar-refractivity contribution < 1.29 is 19.8 Å². The van der Waals surface area contributed by atoms with Gasteiger partial charge < -0.3 is 10.2 Å². The molecule has 0 bridgehead atoms. The summed E-state index contributed by atoms with van der Waals surface area (Å²) in [5, 5.41) is 16.9. The number of hydrogen-bond acceptors (Lipinski definition) is 4. The maximum absolute atomic E-state index is 10.1. The van der Waals surface area contributed by atoms with Crippen molar-refractivity contribution in [2.45, 2.75) is 19.1 Å². The third kappa shape index (κ3) is 2.39. The van der Waals surface area contributed by atoms with E-state index in [1.165, 1.54) is 6.92 Å². The number of carboxylic acids is 1. The molecular weight excluding hydrogens is 138 g/mol. The molecule has 0 unspecified atom stereocenters. The fraction of sp³-hybridized carbons (Fsp3) is 0.600. The Morgan fingerprint density at radius 1 is 1.70 bits per heavy atom. The van der Waals surface area contributed by atoms with Crippen LogP contribution in [-0.4, -0.2) is 34.4 Å². The summed E-state index contributed by atoms with van der Waals surface area (Å²) in [5.74, 6) is -1.33. The number of isocyanates is 1. The number of carboxylic acid groups (broad SMARTS) is 1. The zero-order valence-corrected chi connectivity index (χ0v) is 5.31. The van der Waals surface area contributed by atoms with Gasteiger partial charge in [0.25, 0.3) is 0 Å². The lowest BCUT2D eigenvalue weighted by Gasteiger charge is -2.06. The summed E-state index contributed by atoms with van der Waals surface area (Å²) in [4.78, 5) is 22.5. The van der Waals surface area contributed by atoms with Crippen molar-refractivity contribution in [3.8, 4) is 0 Å². The van der Waals surface area contributed by atoms with Crippen molar-refractivity contribution >= 4 is 12.0 Å². The Morgan fingerprint density at radius 2 is 2.20 bits per heavy atom. The molecule has 0 saturated heterocycles. The molecule has 0 saturated carbocycles. The molecule has 0 rings (SSSR count). The number of aliphatic imine (C=N–C) groups is 1. The molecule has 2 atom stereocenters. The maximum atomic E-state index is 10.1. The highest BCUT2D eigenvalue weighted by molar-refractivity contribution is 5.75. The van der Waals surface area contributed by atoms with Gasteiger partial charge in [-0.1, -0.05) is 0 Å². The Labute approximate surface area is 57.0 Å². The molecule has 0 aliphatic carbocycles. The largest absolute Gasteiger partial charge is 0.480 e. The average Bonchev–Trinajstić information content (AvgIpc) is 1.81. The minimum absolute atomic E-state index is 1.06. The van der Waals surface area contributed by atoms with E-state index in [0.717, 1.165) is 6.08 Å². The van der Waals surface area contributed by atoms with Gasteiger partial charge in [-0.2, -0.15) is 4.99 Å². The van der Waals surface area contributed by atoms with Gasteiger partial charge in [-0.05, 0) is 6.92 Å². The maximum Gasteiger partial charge on any atom is 0.332 e. The van der Waals surface area contributed by atoms with Gasteiger partial charge in [0.05, 0.1) is 6.10 Å². The number of aliphatic hydroxyl groups is 1. The van der Waals surface area contributed by atoms with Crippen molar-refractivity contribution in [2.75, 3.05) is 0 Å². The molecule has 0 fully saturated rings. The predicted molar refractivity (Wildman–Crippen MR) is 31.2 cm³/mol. The second-order valence-electron chi connectivity index (χ2n) is 1.74. The molecule has 2 N–H and O–H groups in total. The highest BCUT2D eigenvalue weighted by Gasteiger charge is 2.21. The lowest BCUT2D eigenvalue weighted by atomic mass is 10.2. The first-order valence-corrected chi connectivity index (χ1v) is 2.57. The number of hydrogen-bond donors (Lipinski definition) is 2. The van der Waals surface area contributed by atoms with Crippen molar-refractivity contribution in [2.24, 2.45) is 4.99 Å². The van der Waals surface area contributed by atoms with Crippen LogP contribution in [0.3, 0.4) is 0 Å². The molecule has 5 nitrogen and oxygen atoms in total. The lowest BCUT2D eigenvalue weighted by molar-refractivity contribution is -0.140. The quantitative estimate of drug-likeness (QED) is 0.400. The molecular formula is C5H7NO4. The molecule has 0 heterocycles. The van der Waals surface area contributed by atoms with E-state index in [9.17, 15) is 9.59 Å². The first-order chi connectivity index (χ1) is 4.59. The monoisotopic (exact) mass is 145 g/mol. The minimum Gasteiger partial charge on any atom is -0.480 e. The summed E-state index contributed by atoms with van der Waals surface area (Å²) in [6, 6.07) is -1.39. The van der Waals surface area contributed by atoms with Crippen LogP contribution in [0.25, 0.3) is 0 Å². The number of aliphatic hydroxyl groups excluding tert-OH is 1. The van der Waals surface area contributed by atoms with E-state index in [1.807, 2.05) is 0 Å². The first-order valence-electron chi connectivity index (χ1n) is 2.57. The normalized spacial score (nSPS) is 15.0. The van der Waals surface area contributed by atoms with Crippen LogP contribution in [0.15, 0.2) is 4.99 Å². The van der Waals surface area contributed by atoms with Gasteiger partial charge in [-0.25, -0.2) is 9.59 Å². The van der Waals surface area contributed by atoms with Crippen LogP contribution in [-0.2, 0) is 9.59 Å². The Kier molecular flexibility index (Phi) is 3.32. The fourth-order valence-corrected chi connectivity index (χ4v) is 0.426. The van der Waals surface area contributed by atoms with Gasteiger partial charge in [-0.15, -0.1) is 0 Å². The van der Waals surface area contributed by atoms with E-state index in [2.05, 4.69) is 4.99 Å². The average molecular weight is 145 g/mol. The highest BCUT2D eigenvalue weighted by atomic mass is 16.4. The van der Waals surface area contributed by atoms with E-state index in [4.69, 9.17) is 10.2 Å². The Bertz CT molecular complexity index is 168. The van der Waals surface area contributed by atoms with Crippen molar-refractivity contribution in [1.82, 2.24) is 0 Å². The van der Waals surface area contributed by atoms with Crippen LogP contribution in [0.1, 0.15) is 6.92 Å². The molecule has 5 heteroatoms. The third-order valence-corrected chi connectivity index (χ3v) is 0.902. The van der Waals surface area contributed by atoms with Gasteiger partial charge in [0.15, 0.2) is 6.04 Å². The van der Waals surface area contributed by atoms with Crippen molar-refractivity contribution in [3.63, 3.8) is 0 Å². The number of aliphatic carboxylic acids is 1. The summed E-state index contributed by atoms with van der Waals surface area (Å²) in [5.41, 5.74) is 0. The van der Waals surface area contributed by atoms with Gasteiger partial charge in [0.2, 0.25) is 6.08 Å². The predicted octanol–water partition coefficient (Wildman–Crippen LogP) is -0.844. The molecule has 0 aliphatic heterocycles. The summed E-state index contributed by atoms with van der Waals surface area (Å²) in [7, 11) is 0. The van der Waals surface area contributed by atoms with Gasteiger partial charge in [0.1, 0.15) is 0 Å². The number of carbonyl (C=O) groups excluding carboxylic acids is 1.